The second-order valence-electron chi connectivity index (χ2n) is 8.04. The van der Waals surface area contributed by atoms with Gasteiger partial charge in [-0.1, -0.05) is 36.4 Å². The van der Waals surface area contributed by atoms with E-state index in [0.717, 1.165) is 56.0 Å². The Hall–Kier alpha value is -2.92. The molecule has 0 amide bonds. The lowest BCUT2D eigenvalue weighted by Crippen LogP contribution is -2.46. The average molecular weight is 423 g/mol. The molecule has 1 atom stereocenters. The summed E-state index contributed by atoms with van der Waals surface area (Å²) >= 11 is 0. The number of anilines is 1. The van der Waals surface area contributed by atoms with Gasteiger partial charge in [0.25, 0.3) is 0 Å². The van der Waals surface area contributed by atoms with E-state index in [1.807, 2.05) is 49.4 Å². The van der Waals surface area contributed by atoms with E-state index in [-0.39, 0.29) is 17.7 Å². The smallest absolute Gasteiger partial charge is 0.165 e. The molecule has 0 spiro atoms. The zero-order valence-electron chi connectivity index (χ0n) is 17.8. The molecule has 1 saturated heterocycles. The highest BCUT2D eigenvalue weighted by atomic mass is 19.1. The van der Waals surface area contributed by atoms with Gasteiger partial charge in [0.05, 0.1) is 0 Å². The Balaban J connectivity index is 1.38. The lowest BCUT2D eigenvalue weighted by molar-refractivity contribution is 0.155. The summed E-state index contributed by atoms with van der Waals surface area (Å²) in [5.41, 5.74) is 3.08. The van der Waals surface area contributed by atoms with Crippen LogP contribution in [0.1, 0.15) is 23.7 Å². The minimum absolute atomic E-state index is 0.209. The summed E-state index contributed by atoms with van der Waals surface area (Å²) in [5, 5.41) is 0. The molecular formula is C26H28F2N2O. The van der Waals surface area contributed by atoms with Gasteiger partial charge in [0.15, 0.2) is 11.6 Å². The maximum Gasteiger partial charge on any atom is 0.165 e. The van der Waals surface area contributed by atoms with E-state index in [9.17, 15) is 8.78 Å². The first kappa shape index (κ1) is 21.3. The maximum absolute atomic E-state index is 14.3. The van der Waals surface area contributed by atoms with Crippen molar-refractivity contribution in [1.82, 2.24) is 4.90 Å². The average Bonchev–Trinajstić information content (AvgIpc) is 2.80. The fraction of sp³-hybridized carbons (Fsp3) is 0.308. The number of nitrogens with zero attached hydrogens (tertiary/aromatic N) is 2. The van der Waals surface area contributed by atoms with Crippen molar-refractivity contribution in [2.45, 2.75) is 19.4 Å². The van der Waals surface area contributed by atoms with Crippen LogP contribution in [0.4, 0.5) is 14.5 Å². The van der Waals surface area contributed by atoms with Crippen molar-refractivity contribution >= 4 is 5.69 Å². The van der Waals surface area contributed by atoms with Crippen LogP contribution in [0.3, 0.4) is 0 Å². The van der Waals surface area contributed by atoms with Gasteiger partial charge in [-0.3, -0.25) is 4.90 Å². The van der Waals surface area contributed by atoms with Crippen LogP contribution in [-0.4, -0.2) is 37.6 Å². The highest BCUT2D eigenvalue weighted by molar-refractivity contribution is 5.46. The summed E-state index contributed by atoms with van der Waals surface area (Å²) < 4.78 is 33.6. The summed E-state index contributed by atoms with van der Waals surface area (Å²) in [6.07, 6.45) is 0.557. The fourth-order valence-electron chi connectivity index (χ4n) is 4.00. The summed E-state index contributed by atoms with van der Waals surface area (Å²) in [7, 11) is 0. The first-order chi connectivity index (χ1) is 15.1. The minimum atomic E-state index is -0.334. The summed E-state index contributed by atoms with van der Waals surface area (Å²) in [4.78, 5) is 4.69. The van der Waals surface area contributed by atoms with E-state index in [2.05, 4.69) is 9.80 Å². The van der Waals surface area contributed by atoms with Gasteiger partial charge in [0, 0.05) is 44.8 Å². The van der Waals surface area contributed by atoms with Crippen molar-refractivity contribution in [2.24, 2.45) is 0 Å². The van der Waals surface area contributed by atoms with Gasteiger partial charge in [0.2, 0.25) is 0 Å². The summed E-state index contributed by atoms with van der Waals surface area (Å²) in [6.45, 7) is 6.45. The molecule has 1 aliphatic heterocycles. The van der Waals surface area contributed by atoms with Gasteiger partial charge < -0.3 is 9.64 Å². The van der Waals surface area contributed by atoms with Gasteiger partial charge in [-0.15, -0.1) is 0 Å². The number of piperazine rings is 1. The third kappa shape index (κ3) is 5.61. The molecule has 0 saturated carbocycles. The zero-order valence-corrected chi connectivity index (χ0v) is 17.8. The molecule has 0 aromatic heterocycles. The number of ether oxygens (including phenoxy) is 1. The lowest BCUT2D eigenvalue weighted by atomic mass is 10.1. The second kappa shape index (κ2) is 9.92. The quantitative estimate of drug-likeness (QED) is 0.493. The number of rotatable bonds is 7. The van der Waals surface area contributed by atoms with Gasteiger partial charge in [-0.05, 0) is 54.4 Å². The molecule has 4 rings (SSSR count). The number of benzene rings is 3. The van der Waals surface area contributed by atoms with E-state index in [1.54, 1.807) is 12.1 Å². The van der Waals surface area contributed by atoms with E-state index < -0.39 is 0 Å². The van der Waals surface area contributed by atoms with Crippen LogP contribution >= 0.6 is 0 Å². The van der Waals surface area contributed by atoms with Crippen LogP contribution in [0.2, 0.25) is 0 Å². The summed E-state index contributed by atoms with van der Waals surface area (Å²) in [6, 6.07) is 21.7. The SMILES string of the molecule is Cc1ccc(F)c(OC(CCN2CCN(c3ccc(F)cc3)CC2)c2ccccc2)c1. The van der Waals surface area contributed by atoms with E-state index in [4.69, 9.17) is 4.74 Å². The van der Waals surface area contributed by atoms with Crippen molar-refractivity contribution in [1.29, 1.82) is 0 Å². The Bertz CT molecular complexity index is 970. The molecule has 1 fully saturated rings. The normalized spacial score (nSPS) is 15.6. The largest absolute Gasteiger partial charge is 0.483 e. The van der Waals surface area contributed by atoms with Crippen LogP contribution in [0, 0.1) is 18.6 Å². The maximum atomic E-state index is 14.3. The molecule has 3 nitrogen and oxygen atoms in total. The third-order valence-corrected chi connectivity index (χ3v) is 5.80. The molecule has 0 aliphatic carbocycles. The van der Waals surface area contributed by atoms with Gasteiger partial charge in [-0.2, -0.15) is 0 Å². The van der Waals surface area contributed by atoms with E-state index >= 15 is 0 Å². The molecule has 1 unspecified atom stereocenters. The van der Waals surface area contributed by atoms with Crippen LogP contribution in [0.15, 0.2) is 72.8 Å². The molecule has 0 bridgehead atoms. The zero-order chi connectivity index (χ0) is 21.6. The van der Waals surface area contributed by atoms with Gasteiger partial charge in [-0.25, -0.2) is 8.78 Å². The molecule has 0 radical (unpaired) electrons. The van der Waals surface area contributed by atoms with Crippen LogP contribution < -0.4 is 9.64 Å². The lowest BCUT2D eigenvalue weighted by Gasteiger charge is -2.36. The predicted octanol–water partition coefficient (Wildman–Crippen LogP) is 5.61. The van der Waals surface area contributed by atoms with Crippen molar-refractivity contribution in [2.75, 3.05) is 37.6 Å². The summed E-state index contributed by atoms with van der Waals surface area (Å²) in [5.74, 6) is -0.242. The van der Waals surface area contributed by atoms with Crippen LogP contribution in [0.5, 0.6) is 5.75 Å². The van der Waals surface area contributed by atoms with Crippen molar-refractivity contribution in [3.63, 3.8) is 0 Å². The van der Waals surface area contributed by atoms with E-state index in [0.29, 0.717) is 5.75 Å². The Kier molecular flexibility index (Phi) is 6.82. The van der Waals surface area contributed by atoms with Crippen molar-refractivity contribution < 1.29 is 13.5 Å². The molecule has 3 aromatic rings. The number of hydrogen-bond donors (Lipinski definition) is 0. The van der Waals surface area contributed by atoms with Crippen LogP contribution in [-0.2, 0) is 0 Å². The monoisotopic (exact) mass is 422 g/mol. The first-order valence-corrected chi connectivity index (χ1v) is 10.8. The molecular weight excluding hydrogens is 394 g/mol. The number of hydrogen-bond acceptors (Lipinski definition) is 3. The highest BCUT2D eigenvalue weighted by Crippen LogP contribution is 2.28. The van der Waals surface area contributed by atoms with Gasteiger partial charge in [0.1, 0.15) is 11.9 Å². The molecule has 3 aromatic carbocycles. The first-order valence-electron chi connectivity index (χ1n) is 10.8. The molecule has 1 heterocycles. The van der Waals surface area contributed by atoms with Crippen molar-refractivity contribution in [3.05, 3.63) is 95.6 Å². The predicted molar refractivity (Wildman–Crippen MR) is 121 cm³/mol. The Morgan fingerprint density at radius 2 is 1.58 bits per heavy atom. The number of aryl methyl sites for hydroxylation is 1. The second-order valence-corrected chi connectivity index (χ2v) is 8.04. The number of halogens is 2. The molecule has 162 valence electrons. The molecule has 0 N–H and O–H groups in total. The van der Waals surface area contributed by atoms with E-state index in [1.165, 1.54) is 18.2 Å². The fourth-order valence-corrected chi connectivity index (χ4v) is 4.00. The third-order valence-electron chi connectivity index (χ3n) is 5.80. The van der Waals surface area contributed by atoms with Gasteiger partial charge >= 0.3 is 0 Å². The Morgan fingerprint density at radius 1 is 0.871 bits per heavy atom. The van der Waals surface area contributed by atoms with Crippen LogP contribution in [0.25, 0.3) is 0 Å². The molecule has 1 aliphatic rings. The highest BCUT2D eigenvalue weighted by Gasteiger charge is 2.21. The topological polar surface area (TPSA) is 15.7 Å². The van der Waals surface area contributed by atoms with Crippen molar-refractivity contribution in [3.8, 4) is 5.75 Å². The Labute approximate surface area is 182 Å². The molecule has 31 heavy (non-hydrogen) atoms. The standard InChI is InChI=1S/C26H28F2N2O/c1-20-7-12-24(28)26(19-20)31-25(21-5-3-2-4-6-21)13-14-29-15-17-30(18-16-29)23-10-8-22(27)9-11-23/h2-12,19,25H,13-18H2,1H3. The molecule has 5 heteroatoms. The minimum Gasteiger partial charge on any atom is -0.483 e. The Morgan fingerprint density at radius 3 is 2.29 bits per heavy atom.